The summed E-state index contributed by atoms with van der Waals surface area (Å²) < 4.78 is 0. The third-order valence-corrected chi connectivity index (χ3v) is 3.58. The molecule has 2 rings (SSSR count). The molecule has 0 aromatic heterocycles. The molecule has 0 spiro atoms. The van der Waals surface area contributed by atoms with Gasteiger partial charge in [0, 0.05) is 12.1 Å². The third-order valence-electron chi connectivity index (χ3n) is 3.58. The fourth-order valence-corrected chi connectivity index (χ4v) is 2.22. The van der Waals surface area contributed by atoms with Crippen molar-refractivity contribution in [2.24, 2.45) is 5.73 Å². The lowest BCUT2D eigenvalue weighted by molar-refractivity contribution is 0.0938. The highest BCUT2D eigenvalue weighted by Crippen LogP contribution is 2.16. The third kappa shape index (κ3) is 3.92. The van der Waals surface area contributed by atoms with Gasteiger partial charge >= 0.3 is 0 Å². The minimum Gasteiger partial charge on any atom is -0.344 e. The van der Waals surface area contributed by atoms with Gasteiger partial charge in [0.05, 0.1) is 6.04 Å². The van der Waals surface area contributed by atoms with Gasteiger partial charge in [0.25, 0.3) is 5.91 Å². The first-order valence-corrected chi connectivity index (χ1v) is 7.27. The van der Waals surface area contributed by atoms with Gasteiger partial charge in [-0.25, -0.2) is 0 Å². The molecule has 3 N–H and O–H groups in total. The van der Waals surface area contributed by atoms with Crippen molar-refractivity contribution in [3.63, 3.8) is 0 Å². The predicted molar refractivity (Wildman–Crippen MR) is 86.2 cm³/mol. The topological polar surface area (TPSA) is 55.1 Å². The summed E-state index contributed by atoms with van der Waals surface area (Å²) in [6, 6.07) is 17.3. The maximum atomic E-state index is 12.3. The highest BCUT2D eigenvalue weighted by molar-refractivity contribution is 5.94. The standard InChI is InChI=1S/C18H22N2O/c1-13(2)14-8-10-16(11-9-14)18(21)20-17(12-19)15-6-4-3-5-7-15/h3-11,13,17H,12,19H2,1-2H3,(H,20,21). The molecule has 0 aliphatic heterocycles. The summed E-state index contributed by atoms with van der Waals surface area (Å²) in [6.07, 6.45) is 0. The number of nitrogens with two attached hydrogens (primary N) is 1. The lowest BCUT2D eigenvalue weighted by atomic mass is 10.0. The van der Waals surface area contributed by atoms with E-state index in [0.29, 0.717) is 18.0 Å². The average molecular weight is 282 g/mol. The normalized spacial score (nSPS) is 12.2. The molecule has 0 bridgehead atoms. The fraction of sp³-hybridized carbons (Fsp3) is 0.278. The molecule has 0 aliphatic rings. The number of carbonyl (C=O) groups is 1. The molecule has 3 nitrogen and oxygen atoms in total. The van der Waals surface area contributed by atoms with Crippen LogP contribution in [0.3, 0.4) is 0 Å². The van der Waals surface area contributed by atoms with E-state index in [-0.39, 0.29) is 11.9 Å². The second kappa shape index (κ2) is 7.04. The second-order valence-electron chi connectivity index (χ2n) is 5.45. The van der Waals surface area contributed by atoms with Crippen molar-refractivity contribution >= 4 is 5.91 Å². The van der Waals surface area contributed by atoms with E-state index in [0.717, 1.165) is 5.56 Å². The Morgan fingerprint density at radius 1 is 1.00 bits per heavy atom. The van der Waals surface area contributed by atoms with Gasteiger partial charge in [-0.15, -0.1) is 0 Å². The molecule has 1 atom stereocenters. The molecule has 1 unspecified atom stereocenters. The maximum absolute atomic E-state index is 12.3. The smallest absolute Gasteiger partial charge is 0.251 e. The zero-order valence-electron chi connectivity index (χ0n) is 12.5. The Morgan fingerprint density at radius 3 is 2.14 bits per heavy atom. The SMILES string of the molecule is CC(C)c1ccc(C(=O)NC(CN)c2ccccc2)cc1. The van der Waals surface area contributed by atoms with Crippen LogP contribution >= 0.6 is 0 Å². The molecule has 0 radical (unpaired) electrons. The zero-order valence-corrected chi connectivity index (χ0v) is 12.5. The predicted octanol–water partition coefficient (Wildman–Crippen LogP) is 3.24. The Hall–Kier alpha value is -2.13. The van der Waals surface area contributed by atoms with E-state index < -0.39 is 0 Å². The van der Waals surface area contributed by atoms with Gasteiger partial charge in [-0.3, -0.25) is 4.79 Å². The van der Waals surface area contributed by atoms with Crippen LogP contribution in [0.4, 0.5) is 0 Å². The van der Waals surface area contributed by atoms with Gasteiger partial charge in [-0.1, -0.05) is 56.3 Å². The van der Waals surface area contributed by atoms with Crippen LogP contribution in [0, 0.1) is 0 Å². The summed E-state index contributed by atoms with van der Waals surface area (Å²) in [5, 5.41) is 2.98. The molecule has 0 saturated carbocycles. The highest BCUT2D eigenvalue weighted by Gasteiger charge is 2.14. The maximum Gasteiger partial charge on any atom is 0.251 e. The van der Waals surface area contributed by atoms with Gasteiger partial charge in [-0.2, -0.15) is 0 Å². The largest absolute Gasteiger partial charge is 0.344 e. The molecule has 1 amide bonds. The molecule has 3 heteroatoms. The summed E-state index contributed by atoms with van der Waals surface area (Å²) in [4.78, 5) is 12.3. The lowest BCUT2D eigenvalue weighted by Gasteiger charge is -2.17. The van der Waals surface area contributed by atoms with Gasteiger partial charge < -0.3 is 11.1 Å². The van der Waals surface area contributed by atoms with Crippen LogP contribution in [0.25, 0.3) is 0 Å². The first-order valence-electron chi connectivity index (χ1n) is 7.27. The van der Waals surface area contributed by atoms with Gasteiger partial charge in [-0.05, 0) is 29.2 Å². The number of amides is 1. The molecule has 0 aliphatic carbocycles. The Morgan fingerprint density at radius 2 is 1.62 bits per heavy atom. The van der Waals surface area contributed by atoms with Crippen molar-refractivity contribution in [3.8, 4) is 0 Å². The van der Waals surface area contributed by atoms with Gasteiger partial charge in [0.1, 0.15) is 0 Å². The van der Waals surface area contributed by atoms with E-state index in [1.54, 1.807) is 0 Å². The van der Waals surface area contributed by atoms with Crippen LogP contribution in [0.2, 0.25) is 0 Å². The minimum absolute atomic E-state index is 0.0930. The first-order chi connectivity index (χ1) is 10.1. The molecular weight excluding hydrogens is 260 g/mol. The number of hydrogen-bond donors (Lipinski definition) is 2. The zero-order chi connectivity index (χ0) is 15.2. The summed E-state index contributed by atoms with van der Waals surface area (Å²) in [6.45, 7) is 4.64. The molecule has 0 fully saturated rings. The lowest BCUT2D eigenvalue weighted by Crippen LogP contribution is -2.33. The summed E-state index contributed by atoms with van der Waals surface area (Å²) in [7, 11) is 0. The molecule has 2 aromatic carbocycles. The van der Waals surface area contributed by atoms with Crippen molar-refractivity contribution in [3.05, 3.63) is 71.3 Å². The molecule has 0 saturated heterocycles. The molecule has 110 valence electrons. The van der Waals surface area contributed by atoms with Crippen molar-refractivity contribution in [1.29, 1.82) is 0 Å². The van der Waals surface area contributed by atoms with Crippen LogP contribution < -0.4 is 11.1 Å². The average Bonchev–Trinajstić information content (AvgIpc) is 2.53. The molecule has 2 aromatic rings. The van der Waals surface area contributed by atoms with Crippen molar-refractivity contribution in [2.75, 3.05) is 6.54 Å². The summed E-state index contributed by atoms with van der Waals surface area (Å²) in [5.74, 6) is 0.368. The Balaban J connectivity index is 2.09. The second-order valence-corrected chi connectivity index (χ2v) is 5.45. The van der Waals surface area contributed by atoms with E-state index in [1.807, 2.05) is 54.6 Å². The fourth-order valence-electron chi connectivity index (χ4n) is 2.22. The molecular formula is C18H22N2O. The monoisotopic (exact) mass is 282 g/mol. The van der Waals surface area contributed by atoms with Crippen LogP contribution in [0.1, 0.15) is 47.3 Å². The number of hydrogen-bond acceptors (Lipinski definition) is 2. The van der Waals surface area contributed by atoms with E-state index in [9.17, 15) is 4.79 Å². The molecule has 0 heterocycles. The first kappa shape index (κ1) is 15.3. The van der Waals surface area contributed by atoms with Crippen LogP contribution in [-0.4, -0.2) is 12.5 Å². The number of nitrogens with one attached hydrogen (secondary N) is 1. The highest BCUT2D eigenvalue weighted by atomic mass is 16.1. The van der Waals surface area contributed by atoms with Crippen molar-refractivity contribution in [1.82, 2.24) is 5.32 Å². The molecule has 21 heavy (non-hydrogen) atoms. The van der Waals surface area contributed by atoms with E-state index in [1.165, 1.54) is 5.56 Å². The summed E-state index contributed by atoms with van der Waals surface area (Å²) in [5.41, 5.74) is 8.69. The van der Waals surface area contributed by atoms with Gasteiger partial charge in [0.15, 0.2) is 0 Å². The van der Waals surface area contributed by atoms with E-state index >= 15 is 0 Å². The number of benzene rings is 2. The van der Waals surface area contributed by atoms with Gasteiger partial charge in [0.2, 0.25) is 0 Å². The van der Waals surface area contributed by atoms with Crippen LogP contribution in [-0.2, 0) is 0 Å². The Bertz CT molecular complexity index is 576. The van der Waals surface area contributed by atoms with E-state index in [2.05, 4.69) is 19.2 Å². The minimum atomic E-state index is -0.163. The summed E-state index contributed by atoms with van der Waals surface area (Å²) >= 11 is 0. The Kier molecular flexibility index (Phi) is 5.12. The van der Waals surface area contributed by atoms with Crippen molar-refractivity contribution in [2.45, 2.75) is 25.8 Å². The number of carbonyl (C=O) groups excluding carboxylic acids is 1. The van der Waals surface area contributed by atoms with Crippen molar-refractivity contribution < 1.29 is 4.79 Å². The quantitative estimate of drug-likeness (QED) is 0.884. The van der Waals surface area contributed by atoms with Crippen LogP contribution in [0.5, 0.6) is 0 Å². The number of rotatable bonds is 5. The van der Waals surface area contributed by atoms with E-state index in [4.69, 9.17) is 5.73 Å². The Labute approximate surface area is 126 Å². The van der Waals surface area contributed by atoms with Crippen LogP contribution in [0.15, 0.2) is 54.6 Å².